The van der Waals surface area contributed by atoms with Crippen LogP contribution in [0.2, 0.25) is 0 Å². The normalized spacial score (nSPS) is 45.6. The Morgan fingerprint density at radius 3 is 2.18 bits per heavy atom. The van der Waals surface area contributed by atoms with Crippen LogP contribution in [-0.4, -0.2) is 17.0 Å². The lowest BCUT2D eigenvalue weighted by Gasteiger charge is -2.27. The maximum atomic E-state index is 12.6. The molecule has 2 heteroatoms. The van der Waals surface area contributed by atoms with Crippen LogP contribution in [0.15, 0.2) is 0 Å². The van der Waals surface area contributed by atoms with Crippen LogP contribution in [0.4, 0.5) is 0 Å². The van der Waals surface area contributed by atoms with Crippen molar-refractivity contribution in [2.75, 3.05) is 0 Å². The minimum absolute atomic E-state index is 0.119. The standard InChI is InChI=1S/C15H24O2/c1-14(2)8-11(15(3,4)17-14)13(16)12-9-6-5-7-10(9)12/h9-12H,5-8H2,1-4H3. The fraction of sp³-hybridized carbons (Fsp3) is 0.933. The van der Waals surface area contributed by atoms with Crippen molar-refractivity contribution in [1.82, 2.24) is 0 Å². The third-order valence-electron chi connectivity index (χ3n) is 5.15. The summed E-state index contributed by atoms with van der Waals surface area (Å²) in [6, 6.07) is 0. The van der Waals surface area contributed by atoms with Gasteiger partial charge in [-0.1, -0.05) is 6.42 Å². The van der Waals surface area contributed by atoms with Crippen LogP contribution in [0, 0.1) is 23.7 Å². The van der Waals surface area contributed by atoms with Gasteiger partial charge in [0.1, 0.15) is 5.78 Å². The summed E-state index contributed by atoms with van der Waals surface area (Å²) in [5.74, 6) is 2.50. The van der Waals surface area contributed by atoms with E-state index in [4.69, 9.17) is 4.74 Å². The summed E-state index contributed by atoms with van der Waals surface area (Å²) in [4.78, 5) is 12.6. The van der Waals surface area contributed by atoms with Gasteiger partial charge in [-0.15, -0.1) is 0 Å². The van der Waals surface area contributed by atoms with Crippen LogP contribution in [0.5, 0.6) is 0 Å². The first kappa shape index (κ1) is 11.7. The van der Waals surface area contributed by atoms with Gasteiger partial charge in [0.25, 0.3) is 0 Å². The molecule has 17 heavy (non-hydrogen) atoms. The van der Waals surface area contributed by atoms with E-state index in [-0.39, 0.29) is 17.1 Å². The molecule has 0 radical (unpaired) electrons. The van der Waals surface area contributed by atoms with Gasteiger partial charge in [0.2, 0.25) is 0 Å². The Labute approximate surface area is 104 Å². The van der Waals surface area contributed by atoms with Crippen molar-refractivity contribution in [2.24, 2.45) is 23.7 Å². The lowest BCUT2D eigenvalue weighted by molar-refractivity contribution is -0.131. The van der Waals surface area contributed by atoms with Crippen LogP contribution in [0.1, 0.15) is 53.4 Å². The number of carbonyl (C=O) groups is 1. The quantitative estimate of drug-likeness (QED) is 0.736. The van der Waals surface area contributed by atoms with Gasteiger partial charge in [0.05, 0.1) is 11.2 Å². The molecule has 1 aliphatic heterocycles. The van der Waals surface area contributed by atoms with Gasteiger partial charge < -0.3 is 4.74 Å². The predicted octanol–water partition coefficient (Wildman–Crippen LogP) is 3.20. The molecule has 96 valence electrons. The van der Waals surface area contributed by atoms with E-state index in [2.05, 4.69) is 27.7 Å². The van der Waals surface area contributed by atoms with Crippen molar-refractivity contribution in [3.05, 3.63) is 0 Å². The molecule has 3 atom stereocenters. The van der Waals surface area contributed by atoms with E-state index in [1.165, 1.54) is 19.3 Å². The molecule has 0 aromatic rings. The van der Waals surface area contributed by atoms with E-state index >= 15 is 0 Å². The van der Waals surface area contributed by atoms with Gasteiger partial charge in [0, 0.05) is 11.8 Å². The highest BCUT2D eigenvalue weighted by atomic mass is 16.5. The molecular weight excluding hydrogens is 212 g/mol. The number of ether oxygens (including phenoxy) is 1. The number of carbonyl (C=O) groups excluding carboxylic acids is 1. The van der Waals surface area contributed by atoms with E-state index in [1.54, 1.807) is 0 Å². The fourth-order valence-corrected chi connectivity index (χ4v) is 4.48. The highest BCUT2D eigenvalue weighted by molar-refractivity contribution is 5.88. The monoisotopic (exact) mass is 236 g/mol. The maximum Gasteiger partial charge on any atom is 0.142 e. The number of hydrogen-bond acceptors (Lipinski definition) is 2. The lowest BCUT2D eigenvalue weighted by atomic mass is 9.81. The molecule has 2 nitrogen and oxygen atoms in total. The molecule has 0 spiro atoms. The van der Waals surface area contributed by atoms with Gasteiger partial charge in [-0.3, -0.25) is 4.79 Å². The average molecular weight is 236 g/mol. The Kier molecular flexibility index (Phi) is 2.30. The molecule has 0 amide bonds. The minimum atomic E-state index is -0.266. The topological polar surface area (TPSA) is 26.3 Å². The van der Waals surface area contributed by atoms with Crippen LogP contribution in [0.25, 0.3) is 0 Å². The van der Waals surface area contributed by atoms with Crippen molar-refractivity contribution >= 4 is 5.78 Å². The van der Waals surface area contributed by atoms with Crippen LogP contribution >= 0.6 is 0 Å². The molecule has 3 unspecified atom stereocenters. The van der Waals surface area contributed by atoms with Gasteiger partial charge in [-0.05, 0) is 58.8 Å². The Morgan fingerprint density at radius 2 is 1.71 bits per heavy atom. The van der Waals surface area contributed by atoms with Crippen molar-refractivity contribution in [3.8, 4) is 0 Å². The van der Waals surface area contributed by atoms with E-state index in [1.807, 2.05) is 0 Å². The van der Waals surface area contributed by atoms with Crippen LogP contribution in [0.3, 0.4) is 0 Å². The number of fused-ring (bicyclic) bond motifs is 1. The summed E-state index contributed by atoms with van der Waals surface area (Å²) in [6.07, 6.45) is 4.82. The first-order chi connectivity index (χ1) is 7.82. The zero-order chi connectivity index (χ0) is 12.4. The van der Waals surface area contributed by atoms with Crippen LogP contribution < -0.4 is 0 Å². The molecule has 1 saturated heterocycles. The second kappa shape index (κ2) is 3.34. The van der Waals surface area contributed by atoms with Crippen LogP contribution in [-0.2, 0) is 9.53 Å². The smallest absolute Gasteiger partial charge is 0.142 e. The SMILES string of the molecule is CC1(C)CC(C(=O)C2C3CCCC32)C(C)(C)O1. The van der Waals surface area contributed by atoms with E-state index in [9.17, 15) is 4.79 Å². The van der Waals surface area contributed by atoms with Gasteiger partial charge in [-0.2, -0.15) is 0 Å². The molecule has 0 N–H and O–H groups in total. The summed E-state index contributed by atoms with van der Waals surface area (Å²) < 4.78 is 6.05. The summed E-state index contributed by atoms with van der Waals surface area (Å²) in [7, 11) is 0. The van der Waals surface area contributed by atoms with Gasteiger partial charge in [0.15, 0.2) is 0 Å². The zero-order valence-corrected chi connectivity index (χ0v) is 11.5. The van der Waals surface area contributed by atoms with E-state index in [0.717, 1.165) is 18.3 Å². The molecule has 3 aliphatic rings. The largest absolute Gasteiger partial charge is 0.369 e. The summed E-state index contributed by atoms with van der Waals surface area (Å²) in [5.41, 5.74) is -0.398. The van der Waals surface area contributed by atoms with Crippen molar-refractivity contribution in [1.29, 1.82) is 0 Å². The predicted molar refractivity (Wildman–Crippen MR) is 66.7 cm³/mol. The van der Waals surface area contributed by atoms with E-state index in [0.29, 0.717) is 11.7 Å². The summed E-state index contributed by atoms with van der Waals surface area (Å²) in [6.45, 7) is 8.39. The molecule has 2 aliphatic carbocycles. The molecule has 0 aromatic carbocycles. The Balaban J connectivity index is 1.74. The Bertz CT molecular complexity index is 346. The van der Waals surface area contributed by atoms with Crippen molar-refractivity contribution < 1.29 is 9.53 Å². The molecule has 3 rings (SSSR count). The molecule has 3 fully saturated rings. The fourth-order valence-electron chi connectivity index (χ4n) is 4.48. The van der Waals surface area contributed by atoms with Crippen molar-refractivity contribution in [3.63, 3.8) is 0 Å². The highest BCUT2D eigenvalue weighted by Crippen LogP contribution is 2.60. The Hall–Kier alpha value is -0.370. The van der Waals surface area contributed by atoms with Crippen molar-refractivity contribution in [2.45, 2.75) is 64.6 Å². The second-order valence-corrected chi connectivity index (χ2v) is 7.41. The number of Topliss-reactive ketones (excluding diaryl/α,β-unsaturated/α-hetero) is 1. The molecule has 1 heterocycles. The Morgan fingerprint density at radius 1 is 1.12 bits per heavy atom. The molecule has 2 saturated carbocycles. The maximum absolute atomic E-state index is 12.6. The van der Waals surface area contributed by atoms with Gasteiger partial charge >= 0.3 is 0 Å². The average Bonchev–Trinajstić information content (AvgIpc) is 2.56. The first-order valence-electron chi connectivity index (χ1n) is 7.06. The van der Waals surface area contributed by atoms with Gasteiger partial charge in [-0.25, -0.2) is 0 Å². The number of ketones is 1. The summed E-state index contributed by atoms with van der Waals surface area (Å²) in [5, 5.41) is 0. The second-order valence-electron chi connectivity index (χ2n) is 7.41. The molecule has 0 aromatic heterocycles. The highest BCUT2D eigenvalue weighted by Gasteiger charge is 2.61. The first-order valence-corrected chi connectivity index (χ1v) is 7.06. The third-order valence-corrected chi connectivity index (χ3v) is 5.15. The summed E-state index contributed by atoms with van der Waals surface area (Å²) >= 11 is 0. The lowest BCUT2D eigenvalue weighted by Crippen LogP contribution is -2.35. The molecular formula is C15H24O2. The number of hydrogen-bond donors (Lipinski definition) is 0. The molecule has 0 bridgehead atoms. The number of rotatable bonds is 2. The zero-order valence-electron chi connectivity index (χ0n) is 11.5. The minimum Gasteiger partial charge on any atom is -0.369 e. The van der Waals surface area contributed by atoms with E-state index < -0.39 is 0 Å². The third kappa shape index (κ3) is 1.76.